The van der Waals surface area contributed by atoms with Crippen molar-refractivity contribution in [3.05, 3.63) is 35.2 Å². The van der Waals surface area contributed by atoms with E-state index in [1.54, 1.807) is 7.11 Å². The number of aromatic nitrogens is 3. The van der Waals surface area contributed by atoms with Crippen LogP contribution >= 0.6 is 0 Å². The maximum Gasteiger partial charge on any atom is 0.221 e. The van der Waals surface area contributed by atoms with E-state index >= 15 is 0 Å². The van der Waals surface area contributed by atoms with Crippen LogP contribution in [0.2, 0.25) is 0 Å². The average Bonchev–Trinajstić information content (AvgIpc) is 2.91. The number of anilines is 1. The van der Waals surface area contributed by atoms with E-state index in [-0.39, 0.29) is 6.04 Å². The minimum atomic E-state index is 0.177. The van der Waals surface area contributed by atoms with Gasteiger partial charge in [-0.05, 0) is 19.4 Å². The highest BCUT2D eigenvalue weighted by Gasteiger charge is 2.27. The molecule has 1 unspecified atom stereocenters. The second-order valence-corrected chi connectivity index (χ2v) is 5.87. The summed E-state index contributed by atoms with van der Waals surface area (Å²) >= 11 is 0. The molecule has 1 atom stereocenters. The van der Waals surface area contributed by atoms with E-state index in [2.05, 4.69) is 43.2 Å². The standard InChI is InChI=1S/C16H22N4O/c1-10(2)15-18-16-17-8-7-13(20(16)19-15)12-9-11(3)5-6-14(12)21-4/h5-6,9-10,13H,7-8H2,1-4H3,(H,17,18,19). The lowest BCUT2D eigenvalue weighted by atomic mass is 9.99. The third-order valence-electron chi connectivity index (χ3n) is 3.90. The van der Waals surface area contributed by atoms with Crippen molar-refractivity contribution in [3.63, 3.8) is 0 Å². The Balaban J connectivity index is 2.07. The number of ether oxygens (including phenoxy) is 1. The highest BCUT2D eigenvalue weighted by Crippen LogP contribution is 2.35. The fraction of sp³-hybridized carbons (Fsp3) is 0.500. The van der Waals surface area contributed by atoms with Gasteiger partial charge >= 0.3 is 0 Å². The zero-order chi connectivity index (χ0) is 15.0. The van der Waals surface area contributed by atoms with E-state index in [1.165, 1.54) is 11.1 Å². The van der Waals surface area contributed by atoms with Gasteiger partial charge in [-0.1, -0.05) is 31.5 Å². The summed E-state index contributed by atoms with van der Waals surface area (Å²) in [5.74, 6) is 2.99. The lowest BCUT2D eigenvalue weighted by molar-refractivity contribution is 0.390. The number of hydrogen-bond donors (Lipinski definition) is 1. The van der Waals surface area contributed by atoms with Crippen molar-refractivity contribution < 1.29 is 4.74 Å². The maximum absolute atomic E-state index is 5.54. The SMILES string of the molecule is COc1ccc(C)cc1C1CCNc2nc(C(C)C)nn21. The minimum Gasteiger partial charge on any atom is -0.496 e. The lowest BCUT2D eigenvalue weighted by Gasteiger charge is -2.26. The molecule has 112 valence electrons. The second-order valence-electron chi connectivity index (χ2n) is 5.87. The molecule has 1 aromatic heterocycles. The number of rotatable bonds is 3. The van der Waals surface area contributed by atoms with Gasteiger partial charge in [0.25, 0.3) is 0 Å². The van der Waals surface area contributed by atoms with Crippen molar-refractivity contribution in [1.82, 2.24) is 14.8 Å². The molecular weight excluding hydrogens is 264 g/mol. The molecular formula is C16H22N4O. The third kappa shape index (κ3) is 2.48. The first-order chi connectivity index (χ1) is 10.1. The predicted octanol–water partition coefficient (Wildman–Crippen LogP) is 3.12. The molecule has 21 heavy (non-hydrogen) atoms. The quantitative estimate of drug-likeness (QED) is 0.942. The summed E-state index contributed by atoms with van der Waals surface area (Å²) in [6.45, 7) is 7.23. The number of benzene rings is 1. The topological polar surface area (TPSA) is 52.0 Å². The molecule has 0 bridgehead atoms. The van der Waals surface area contributed by atoms with Gasteiger partial charge in [0.05, 0.1) is 13.2 Å². The molecule has 0 aliphatic carbocycles. The van der Waals surface area contributed by atoms with Gasteiger partial charge in [0.1, 0.15) is 5.75 Å². The van der Waals surface area contributed by atoms with Crippen molar-refractivity contribution in [2.45, 2.75) is 39.2 Å². The summed E-state index contributed by atoms with van der Waals surface area (Å²) in [6.07, 6.45) is 0.980. The zero-order valence-electron chi connectivity index (χ0n) is 13.1. The summed E-state index contributed by atoms with van der Waals surface area (Å²) in [6, 6.07) is 6.48. The monoisotopic (exact) mass is 286 g/mol. The molecule has 0 fully saturated rings. The van der Waals surface area contributed by atoms with Crippen molar-refractivity contribution in [2.75, 3.05) is 19.0 Å². The first-order valence-electron chi connectivity index (χ1n) is 7.45. The van der Waals surface area contributed by atoms with Crippen LogP contribution in [0.1, 0.15) is 49.2 Å². The molecule has 0 spiro atoms. The maximum atomic E-state index is 5.54. The van der Waals surface area contributed by atoms with Crippen LogP contribution in [0.4, 0.5) is 5.95 Å². The van der Waals surface area contributed by atoms with Gasteiger partial charge in [-0.25, -0.2) is 4.68 Å². The molecule has 5 heteroatoms. The van der Waals surface area contributed by atoms with E-state index in [0.29, 0.717) is 5.92 Å². The van der Waals surface area contributed by atoms with Gasteiger partial charge in [0.15, 0.2) is 5.82 Å². The molecule has 1 aliphatic heterocycles. The largest absolute Gasteiger partial charge is 0.496 e. The van der Waals surface area contributed by atoms with Crippen LogP contribution in [0.15, 0.2) is 18.2 Å². The van der Waals surface area contributed by atoms with Gasteiger partial charge in [-0.15, -0.1) is 0 Å². The van der Waals surface area contributed by atoms with Crippen molar-refractivity contribution in [1.29, 1.82) is 0 Å². The Kier molecular flexibility index (Phi) is 3.57. The molecule has 1 aliphatic rings. The Morgan fingerprint density at radius 2 is 2.19 bits per heavy atom. The van der Waals surface area contributed by atoms with Gasteiger partial charge < -0.3 is 10.1 Å². The fourth-order valence-corrected chi connectivity index (χ4v) is 2.77. The Morgan fingerprint density at radius 1 is 1.38 bits per heavy atom. The molecule has 0 radical (unpaired) electrons. The van der Waals surface area contributed by atoms with Crippen LogP contribution in [-0.4, -0.2) is 28.4 Å². The van der Waals surface area contributed by atoms with Crippen LogP contribution in [0, 0.1) is 6.92 Å². The summed E-state index contributed by atoms with van der Waals surface area (Å²) in [5, 5.41) is 8.04. The minimum absolute atomic E-state index is 0.177. The summed E-state index contributed by atoms with van der Waals surface area (Å²) < 4.78 is 7.55. The Hall–Kier alpha value is -2.04. The summed E-state index contributed by atoms with van der Waals surface area (Å²) in [5.41, 5.74) is 2.41. The lowest BCUT2D eigenvalue weighted by Crippen LogP contribution is -2.25. The van der Waals surface area contributed by atoms with Gasteiger partial charge in [0, 0.05) is 18.0 Å². The smallest absolute Gasteiger partial charge is 0.221 e. The molecule has 5 nitrogen and oxygen atoms in total. The van der Waals surface area contributed by atoms with Gasteiger partial charge in [0.2, 0.25) is 5.95 Å². The normalized spacial score (nSPS) is 17.5. The first kappa shape index (κ1) is 13.9. The van der Waals surface area contributed by atoms with E-state index in [9.17, 15) is 0 Å². The zero-order valence-corrected chi connectivity index (χ0v) is 13.1. The van der Waals surface area contributed by atoms with Gasteiger partial charge in [-0.3, -0.25) is 0 Å². The van der Waals surface area contributed by atoms with Crippen LogP contribution in [0.3, 0.4) is 0 Å². The van der Waals surface area contributed by atoms with Crippen LogP contribution in [-0.2, 0) is 0 Å². The number of hydrogen-bond acceptors (Lipinski definition) is 4. The average molecular weight is 286 g/mol. The number of fused-ring (bicyclic) bond motifs is 1. The Bertz CT molecular complexity index is 648. The molecule has 2 aromatic rings. The van der Waals surface area contributed by atoms with Crippen LogP contribution in [0.5, 0.6) is 5.75 Å². The molecule has 0 saturated carbocycles. The second kappa shape index (κ2) is 5.39. The molecule has 2 heterocycles. The van der Waals surface area contributed by atoms with E-state index in [0.717, 1.165) is 30.5 Å². The predicted molar refractivity (Wildman–Crippen MR) is 83.1 cm³/mol. The highest BCUT2D eigenvalue weighted by molar-refractivity contribution is 5.42. The molecule has 0 saturated heterocycles. The molecule has 3 rings (SSSR count). The van der Waals surface area contributed by atoms with Crippen molar-refractivity contribution in [2.24, 2.45) is 0 Å². The number of nitrogens with zero attached hydrogens (tertiary/aromatic N) is 3. The highest BCUT2D eigenvalue weighted by atomic mass is 16.5. The molecule has 1 N–H and O–H groups in total. The number of aryl methyl sites for hydroxylation is 1. The van der Waals surface area contributed by atoms with E-state index in [4.69, 9.17) is 9.84 Å². The number of nitrogens with one attached hydrogen (secondary N) is 1. The van der Waals surface area contributed by atoms with Crippen molar-refractivity contribution in [3.8, 4) is 5.75 Å². The van der Waals surface area contributed by atoms with E-state index in [1.807, 2.05) is 10.7 Å². The van der Waals surface area contributed by atoms with E-state index < -0.39 is 0 Å². The fourth-order valence-electron chi connectivity index (χ4n) is 2.77. The summed E-state index contributed by atoms with van der Waals surface area (Å²) in [7, 11) is 1.72. The Morgan fingerprint density at radius 3 is 2.90 bits per heavy atom. The first-order valence-corrected chi connectivity index (χ1v) is 7.45. The molecule has 1 aromatic carbocycles. The van der Waals surface area contributed by atoms with Gasteiger partial charge in [-0.2, -0.15) is 10.1 Å². The summed E-state index contributed by atoms with van der Waals surface area (Å²) in [4.78, 5) is 4.60. The molecule has 0 amide bonds. The number of methoxy groups -OCH3 is 1. The van der Waals surface area contributed by atoms with Crippen molar-refractivity contribution >= 4 is 5.95 Å². The van der Waals surface area contributed by atoms with Crippen LogP contribution in [0.25, 0.3) is 0 Å². The van der Waals surface area contributed by atoms with Crippen LogP contribution < -0.4 is 10.1 Å². The Labute approximate surface area is 125 Å². The third-order valence-corrected chi connectivity index (χ3v) is 3.90.